The van der Waals surface area contributed by atoms with Crippen LogP contribution in [0.5, 0.6) is 5.75 Å². The Morgan fingerprint density at radius 2 is 2.04 bits per heavy atom. The monoisotopic (exact) mass is 429 g/mol. The molecule has 1 heterocycles. The lowest BCUT2D eigenvalue weighted by Crippen LogP contribution is -2.14. The Morgan fingerprint density at radius 3 is 2.70 bits per heavy atom. The van der Waals surface area contributed by atoms with Gasteiger partial charge in [0.2, 0.25) is 0 Å². The van der Waals surface area contributed by atoms with E-state index in [2.05, 4.69) is 31.4 Å². The fraction of sp³-hybridized carbons (Fsp3) is 0.250. The minimum Gasteiger partial charge on any atom is -0.497 e. The molecule has 0 spiro atoms. The van der Waals surface area contributed by atoms with Crippen LogP contribution in [0.4, 0.5) is 5.69 Å². The number of nitrogens with one attached hydrogen (secondary N) is 1. The van der Waals surface area contributed by atoms with Crippen LogP contribution in [0.3, 0.4) is 0 Å². The first-order valence-electron chi connectivity index (χ1n) is 8.49. The van der Waals surface area contributed by atoms with Crippen LogP contribution in [0.15, 0.2) is 45.4 Å². The molecule has 0 aliphatic carbocycles. The van der Waals surface area contributed by atoms with Crippen molar-refractivity contribution in [2.75, 3.05) is 12.4 Å². The first-order chi connectivity index (χ1) is 12.9. The van der Waals surface area contributed by atoms with E-state index in [1.807, 2.05) is 39.0 Å². The first kappa shape index (κ1) is 19.1. The van der Waals surface area contributed by atoms with Crippen LogP contribution in [-0.4, -0.2) is 23.2 Å². The molecule has 0 radical (unpaired) electrons. The van der Waals surface area contributed by atoms with E-state index < -0.39 is 0 Å². The van der Waals surface area contributed by atoms with Crippen molar-refractivity contribution in [3.8, 4) is 17.2 Å². The van der Waals surface area contributed by atoms with Crippen molar-refractivity contribution in [1.82, 2.24) is 10.1 Å². The highest BCUT2D eigenvalue weighted by atomic mass is 79.9. The summed E-state index contributed by atoms with van der Waals surface area (Å²) in [6, 6.07) is 10.9. The molecule has 1 N–H and O–H groups in total. The first-order valence-corrected chi connectivity index (χ1v) is 9.28. The number of ether oxygens (including phenoxy) is 1. The lowest BCUT2D eigenvalue weighted by molar-refractivity contribution is 0.102. The molecule has 140 valence electrons. The minimum absolute atomic E-state index is 0.151. The van der Waals surface area contributed by atoms with Gasteiger partial charge in [0, 0.05) is 10.4 Å². The SMILES string of the molecule is COc1ccc(Br)c(C(=O)Nc2c(C)cccc2-c2nc(C(C)C)no2)c1. The van der Waals surface area contributed by atoms with Crippen LogP contribution in [-0.2, 0) is 0 Å². The Morgan fingerprint density at radius 1 is 1.26 bits per heavy atom. The molecule has 27 heavy (non-hydrogen) atoms. The maximum atomic E-state index is 12.9. The molecule has 6 nitrogen and oxygen atoms in total. The molecule has 7 heteroatoms. The topological polar surface area (TPSA) is 77.2 Å². The zero-order valence-electron chi connectivity index (χ0n) is 15.5. The standard InChI is InChI=1S/C20H20BrN3O3/c1-11(2)18-23-20(27-24-18)14-7-5-6-12(3)17(14)22-19(25)15-10-13(26-4)8-9-16(15)21/h5-11H,1-4H3,(H,22,25). The molecular formula is C20H20BrN3O3. The second-order valence-corrected chi connectivity index (χ2v) is 7.26. The smallest absolute Gasteiger partial charge is 0.260 e. The van der Waals surface area contributed by atoms with E-state index in [0.717, 1.165) is 5.56 Å². The molecule has 0 bridgehead atoms. The highest BCUT2D eigenvalue weighted by Crippen LogP contribution is 2.32. The number of rotatable bonds is 5. The minimum atomic E-state index is -0.264. The lowest BCUT2D eigenvalue weighted by atomic mass is 10.1. The van der Waals surface area contributed by atoms with Gasteiger partial charge in [-0.05, 0) is 52.7 Å². The van der Waals surface area contributed by atoms with Gasteiger partial charge >= 0.3 is 0 Å². The van der Waals surface area contributed by atoms with Crippen molar-refractivity contribution < 1.29 is 14.1 Å². The number of aromatic nitrogens is 2. The summed E-state index contributed by atoms with van der Waals surface area (Å²) in [5.74, 6) is 1.49. The van der Waals surface area contributed by atoms with Gasteiger partial charge in [-0.3, -0.25) is 4.79 Å². The van der Waals surface area contributed by atoms with Gasteiger partial charge in [0.25, 0.3) is 11.8 Å². The van der Waals surface area contributed by atoms with Gasteiger partial charge in [-0.15, -0.1) is 0 Å². The number of benzene rings is 2. The Balaban J connectivity index is 1.98. The molecule has 0 saturated carbocycles. The van der Waals surface area contributed by atoms with E-state index in [9.17, 15) is 4.79 Å². The molecule has 0 fully saturated rings. The maximum absolute atomic E-state index is 12.9. The summed E-state index contributed by atoms with van der Waals surface area (Å²) in [6.07, 6.45) is 0. The van der Waals surface area contributed by atoms with E-state index in [1.165, 1.54) is 0 Å². The number of carbonyl (C=O) groups is 1. The van der Waals surface area contributed by atoms with Crippen molar-refractivity contribution in [3.05, 3.63) is 57.8 Å². The predicted octanol–water partition coefficient (Wildman–Crippen LogP) is 5.19. The third kappa shape index (κ3) is 4.03. The Hall–Kier alpha value is -2.67. The second kappa shape index (κ2) is 7.92. The van der Waals surface area contributed by atoms with Crippen molar-refractivity contribution in [3.63, 3.8) is 0 Å². The van der Waals surface area contributed by atoms with Gasteiger partial charge < -0.3 is 14.6 Å². The van der Waals surface area contributed by atoms with Crippen LogP contribution in [0.25, 0.3) is 11.5 Å². The van der Waals surface area contributed by atoms with E-state index >= 15 is 0 Å². The Labute approximate surface area is 166 Å². The van der Waals surface area contributed by atoms with Crippen LogP contribution in [0, 0.1) is 6.92 Å². The van der Waals surface area contributed by atoms with Crippen molar-refractivity contribution in [2.45, 2.75) is 26.7 Å². The normalized spacial score (nSPS) is 10.9. The summed E-state index contributed by atoms with van der Waals surface area (Å²) in [5, 5.41) is 6.99. The summed E-state index contributed by atoms with van der Waals surface area (Å²) in [5.41, 5.74) is 2.68. The molecule has 0 unspecified atom stereocenters. The van der Waals surface area contributed by atoms with Crippen molar-refractivity contribution in [2.24, 2.45) is 0 Å². The molecule has 0 aliphatic heterocycles. The summed E-state index contributed by atoms with van der Waals surface area (Å²) < 4.78 is 11.3. The van der Waals surface area contributed by atoms with Crippen LogP contribution < -0.4 is 10.1 Å². The highest BCUT2D eigenvalue weighted by Gasteiger charge is 2.19. The largest absolute Gasteiger partial charge is 0.497 e. The van der Waals surface area contributed by atoms with Gasteiger partial charge in [0.1, 0.15) is 5.75 Å². The van der Waals surface area contributed by atoms with Crippen LogP contribution in [0.2, 0.25) is 0 Å². The van der Waals surface area contributed by atoms with E-state index in [0.29, 0.717) is 38.8 Å². The molecule has 1 aromatic heterocycles. The number of hydrogen-bond donors (Lipinski definition) is 1. The quantitative estimate of drug-likeness (QED) is 0.603. The molecule has 2 aromatic carbocycles. The number of amides is 1. The van der Waals surface area contributed by atoms with Crippen LogP contribution >= 0.6 is 15.9 Å². The third-order valence-electron chi connectivity index (χ3n) is 4.12. The van der Waals surface area contributed by atoms with E-state index in [-0.39, 0.29) is 11.8 Å². The average molecular weight is 430 g/mol. The maximum Gasteiger partial charge on any atom is 0.260 e. The highest BCUT2D eigenvalue weighted by molar-refractivity contribution is 9.10. The zero-order chi connectivity index (χ0) is 19.6. The lowest BCUT2D eigenvalue weighted by Gasteiger charge is -2.13. The molecular weight excluding hydrogens is 410 g/mol. The van der Waals surface area contributed by atoms with Gasteiger partial charge in [-0.1, -0.05) is 31.1 Å². The number of hydrogen-bond acceptors (Lipinski definition) is 5. The second-order valence-electron chi connectivity index (χ2n) is 6.41. The van der Waals surface area contributed by atoms with E-state index in [1.54, 1.807) is 25.3 Å². The number of carbonyl (C=O) groups excluding carboxylic acids is 1. The molecule has 3 rings (SSSR count). The van der Waals surface area contributed by atoms with Crippen molar-refractivity contribution >= 4 is 27.5 Å². The summed E-state index contributed by atoms with van der Waals surface area (Å²) >= 11 is 3.42. The van der Waals surface area contributed by atoms with Crippen molar-refractivity contribution in [1.29, 1.82) is 0 Å². The Kier molecular flexibility index (Phi) is 5.60. The zero-order valence-corrected chi connectivity index (χ0v) is 17.1. The number of methoxy groups -OCH3 is 1. The molecule has 0 atom stereocenters. The fourth-order valence-corrected chi connectivity index (χ4v) is 3.00. The summed E-state index contributed by atoms with van der Waals surface area (Å²) in [4.78, 5) is 17.3. The predicted molar refractivity (Wildman–Crippen MR) is 107 cm³/mol. The number of anilines is 1. The number of nitrogens with zero attached hydrogens (tertiary/aromatic N) is 2. The van der Waals surface area contributed by atoms with Crippen LogP contribution in [0.1, 0.15) is 41.5 Å². The van der Waals surface area contributed by atoms with Gasteiger partial charge in [0.15, 0.2) is 5.82 Å². The summed E-state index contributed by atoms with van der Waals surface area (Å²) in [7, 11) is 1.56. The van der Waals surface area contributed by atoms with Gasteiger partial charge in [0.05, 0.1) is 23.9 Å². The number of halogens is 1. The summed E-state index contributed by atoms with van der Waals surface area (Å²) in [6.45, 7) is 5.90. The fourth-order valence-electron chi connectivity index (χ4n) is 2.58. The van der Waals surface area contributed by atoms with Gasteiger partial charge in [-0.2, -0.15) is 4.98 Å². The van der Waals surface area contributed by atoms with Gasteiger partial charge in [-0.25, -0.2) is 0 Å². The molecule has 0 aliphatic rings. The molecule has 0 saturated heterocycles. The number of aryl methyl sites for hydroxylation is 1. The number of para-hydroxylation sites is 1. The molecule has 3 aromatic rings. The molecule has 1 amide bonds. The third-order valence-corrected chi connectivity index (χ3v) is 4.81. The average Bonchev–Trinajstić information content (AvgIpc) is 3.14. The van der Waals surface area contributed by atoms with E-state index in [4.69, 9.17) is 9.26 Å². The Bertz CT molecular complexity index is 982.